The Bertz CT molecular complexity index is 682. The van der Waals surface area contributed by atoms with Crippen LogP contribution in [0.15, 0.2) is 54.6 Å². The fraction of sp³-hybridized carbons (Fsp3) is 0.176. The molecule has 1 unspecified atom stereocenters. The Kier molecular flexibility index (Phi) is 3.44. The van der Waals surface area contributed by atoms with E-state index in [0.717, 1.165) is 16.8 Å². The first kappa shape index (κ1) is 13.4. The summed E-state index contributed by atoms with van der Waals surface area (Å²) in [6.45, 7) is 0.359. The van der Waals surface area contributed by atoms with Gasteiger partial charge >= 0.3 is 0 Å². The van der Waals surface area contributed by atoms with Crippen LogP contribution in [0.5, 0.6) is 0 Å². The second kappa shape index (κ2) is 5.40. The van der Waals surface area contributed by atoms with Crippen molar-refractivity contribution >= 4 is 17.5 Å². The average molecular weight is 280 g/mol. The van der Waals surface area contributed by atoms with Gasteiger partial charge in [0.2, 0.25) is 11.8 Å². The SMILES string of the molecule is NC(=O)C1CC(=O)N(c2ccccc2-c2ccccc2)C1. The van der Waals surface area contributed by atoms with Crippen LogP contribution in [-0.2, 0) is 9.59 Å². The summed E-state index contributed by atoms with van der Waals surface area (Å²) in [5.41, 5.74) is 8.19. The number of benzene rings is 2. The lowest BCUT2D eigenvalue weighted by Gasteiger charge is -2.20. The van der Waals surface area contributed by atoms with Crippen molar-refractivity contribution in [1.82, 2.24) is 0 Å². The normalized spacial score (nSPS) is 18.0. The first-order valence-electron chi connectivity index (χ1n) is 6.91. The van der Waals surface area contributed by atoms with Crippen molar-refractivity contribution in [1.29, 1.82) is 0 Å². The minimum atomic E-state index is -0.414. The summed E-state index contributed by atoms with van der Waals surface area (Å²) in [7, 11) is 0. The summed E-state index contributed by atoms with van der Waals surface area (Å²) < 4.78 is 0. The Balaban J connectivity index is 2.00. The highest BCUT2D eigenvalue weighted by Gasteiger charge is 2.34. The molecule has 4 heteroatoms. The van der Waals surface area contributed by atoms with Gasteiger partial charge in [0.15, 0.2) is 0 Å². The molecule has 106 valence electrons. The monoisotopic (exact) mass is 280 g/mol. The molecule has 4 nitrogen and oxygen atoms in total. The van der Waals surface area contributed by atoms with Crippen molar-refractivity contribution in [3.8, 4) is 11.1 Å². The maximum atomic E-state index is 12.2. The van der Waals surface area contributed by atoms with Crippen LogP contribution in [0.25, 0.3) is 11.1 Å². The number of carbonyl (C=O) groups excluding carboxylic acids is 2. The van der Waals surface area contributed by atoms with Gasteiger partial charge in [0.1, 0.15) is 0 Å². The van der Waals surface area contributed by atoms with Crippen molar-refractivity contribution in [2.24, 2.45) is 11.7 Å². The van der Waals surface area contributed by atoms with Crippen LogP contribution in [0.3, 0.4) is 0 Å². The summed E-state index contributed by atoms with van der Waals surface area (Å²) in [5, 5.41) is 0. The Morgan fingerprint density at radius 3 is 2.38 bits per heavy atom. The average Bonchev–Trinajstić information content (AvgIpc) is 2.90. The van der Waals surface area contributed by atoms with Gasteiger partial charge in [0, 0.05) is 18.5 Å². The van der Waals surface area contributed by atoms with E-state index in [1.807, 2.05) is 54.6 Å². The summed E-state index contributed by atoms with van der Waals surface area (Å²) in [4.78, 5) is 25.2. The standard InChI is InChI=1S/C17H16N2O2/c18-17(21)13-10-16(20)19(11-13)15-9-5-4-8-14(15)12-6-2-1-3-7-12/h1-9,13H,10-11H2,(H2,18,21). The van der Waals surface area contributed by atoms with Crippen LogP contribution in [0.2, 0.25) is 0 Å². The number of nitrogens with two attached hydrogens (primary N) is 1. The van der Waals surface area contributed by atoms with E-state index in [1.165, 1.54) is 0 Å². The Morgan fingerprint density at radius 1 is 1.05 bits per heavy atom. The van der Waals surface area contributed by atoms with Crippen LogP contribution in [0.1, 0.15) is 6.42 Å². The van der Waals surface area contributed by atoms with Gasteiger partial charge < -0.3 is 10.6 Å². The van der Waals surface area contributed by atoms with E-state index >= 15 is 0 Å². The maximum absolute atomic E-state index is 12.2. The van der Waals surface area contributed by atoms with E-state index in [4.69, 9.17) is 5.73 Å². The molecule has 3 rings (SSSR count). The molecule has 0 aromatic heterocycles. The number of primary amides is 1. The van der Waals surface area contributed by atoms with Crippen LogP contribution in [0, 0.1) is 5.92 Å². The quantitative estimate of drug-likeness (QED) is 0.936. The van der Waals surface area contributed by atoms with Gasteiger partial charge in [-0.25, -0.2) is 0 Å². The van der Waals surface area contributed by atoms with Gasteiger partial charge in [0.25, 0.3) is 0 Å². The number of para-hydroxylation sites is 1. The molecule has 2 amide bonds. The van der Waals surface area contributed by atoms with E-state index in [2.05, 4.69) is 0 Å². The molecule has 1 fully saturated rings. The summed E-state index contributed by atoms with van der Waals surface area (Å²) >= 11 is 0. The number of hydrogen-bond donors (Lipinski definition) is 1. The Morgan fingerprint density at radius 2 is 1.71 bits per heavy atom. The molecule has 1 saturated heterocycles. The lowest BCUT2D eigenvalue weighted by Crippen LogP contribution is -2.28. The van der Waals surface area contributed by atoms with Crippen LogP contribution in [0.4, 0.5) is 5.69 Å². The van der Waals surface area contributed by atoms with E-state index in [-0.39, 0.29) is 12.3 Å². The van der Waals surface area contributed by atoms with Crippen molar-refractivity contribution in [2.75, 3.05) is 11.4 Å². The molecule has 2 aromatic rings. The van der Waals surface area contributed by atoms with Crippen molar-refractivity contribution in [2.45, 2.75) is 6.42 Å². The molecule has 21 heavy (non-hydrogen) atoms. The van der Waals surface area contributed by atoms with Crippen LogP contribution < -0.4 is 10.6 Å². The molecule has 1 aliphatic heterocycles. The molecular weight excluding hydrogens is 264 g/mol. The van der Waals surface area contributed by atoms with Gasteiger partial charge in [-0.1, -0.05) is 48.5 Å². The Labute approximate surface area is 123 Å². The van der Waals surface area contributed by atoms with Crippen LogP contribution >= 0.6 is 0 Å². The molecule has 1 aliphatic rings. The third kappa shape index (κ3) is 2.52. The number of anilines is 1. The van der Waals surface area contributed by atoms with E-state index in [0.29, 0.717) is 6.54 Å². The zero-order valence-corrected chi connectivity index (χ0v) is 11.5. The van der Waals surface area contributed by atoms with Gasteiger partial charge in [-0.05, 0) is 11.6 Å². The molecule has 0 radical (unpaired) electrons. The topological polar surface area (TPSA) is 63.4 Å². The third-order valence-electron chi connectivity index (χ3n) is 3.81. The highest BCUT2D eigenvalue weighted by Crippen LogP contribution is 2.34. The molecule has 2 N–H and O–H groups in total. The summed E-state index contributed by atoms with van der Waals surface area (Å²) in [6, 6.07) is 17.6. The second-order valence-electron chi connectivity index (χ2n) is 5.19. The van der Waals surface area contributed by atoms with Crippen molar-refractivity contribution in [3.63, 3.8) is 0 Å². The highest BCUT2D eigenvalue weighted by atomic mass is 16.2. The van der Waals surface area contributed by atoms with Gasteiger partial charge in [-0.15, -0.1) is 0 Å². The first-order valence-corrected chi connectivity index (χ1v) is 6.91. The molecule has 0 bridgehead atoms. The predicted octanol–water partition coefficient (Wildman–Crippen LogP) is 2.19. The zero-order chi connectivity index (χ0) is 14.8. The zero-order valence-electron chi connectivity index (χ0n) is 11.5. The van der Waals surface area contributed by atoms with Gasteiger partial charge in [-0.2, -0.15) is 0 Å². The number of nitrogens with zero attached hydrogens (tertiary/aromatic N) is 1. The summed E-state index contributed by atoms with van der Waals surface area (Å²) in [5.74, 6) is -0.869. The lowest BCUT2D eigenvalue weighted by atomic mass is 10.0. The van der Waals surface area contributed by atoms with E-state index in [9.17, 15) is 9.59 Å². The molecule has 0 spiro atoms. The maximum Gasteiger partial charge on any atom is 0.227 e. The van der Waals surface area contributed by atoms with Crippen LogP contribution in [-0.4, -0.2) is 18.4 Å². The number of hydrogen-bond acceptors (Lipinski definition) is 2. The minimum absolute atomic E-state index is 0.0535. The highest BCUT2D eigenvalue weighted by molar-refractivity contribution is 6.02. The first-order chi connectivity index (χ1) is 10.2. The Hall–Kier alpha value is -2.62. The van der Waals surface area contributed by atoms with Crippen molar-refractivity contribution in [3.05, 3.63) is 54.6 Å². The number of amides is 2. The molecule has 2 aromatic carbocycles. The third-order valence-corrected chi connectivity index (χ3v) is 3.81. The second-order valence-corrected chi connectivity index (χ2v) is 5.19. The predicted molar refractivity (Wildman–Crippen MR) is 81.5 cm³/mol. The lowest BCUT2D eigenvalue weighted by molar-refractivity contribution is -0.123. The summed E-state index contributed by atoms with van der Waals surface area (Å²) in [6.07, 6.45) is 0.193. The molecule has 0 saturated carbocycles. The molecule has 1 atom stereocenters. The van der Waals surface area contributed by atoms with E-state index < -0.39 is 11.8 Å². The van der Waals surface area contributed by atoms with Gasteiger partial charge in [-0.3, -0.25) is 9.59 Å². The van der Waals surface area contributed by atoms with Crippen molar-refractivity contribution < 1.29 is 9.59 Å². The molecule has 1 heterocycles. The minimum Gasteiger partial charge on any atom is -0.369 e. The van der Waals surface area contributed by atoms with E-state index in [1.54, 1.807) is 4.90 Å². The largest absolute Gasteiger partial charge is 0.369 e. The molecule has 0 aliphatic carbocycles. The smallest absolute Gasteiger partial charge is 0.227 e. The fourth-order valence-corrected chi connectivity index (χ4v) is 2.70. The number of carbonyl (C=O) groups is 2. The number of rotatable bonds is 3. The van der Waals surface area contributed by atoms with Gasteiger partial charge in [0.05, 0.1) is 11.6 Å². The fourth-order valence-electron chi connectivity index (χ4n) is 2.70. The molecular formula is C17H16N2O2.